The van der Waals surface area contributed by atoms with Crippen LogP contribution < -0.4 is 5.73 Å². The summed E-state index contributed by atoms with van der Waals surface area (Å²) in [6.07, 6.45) is 1.66. The molecule has 0 aliphatic rings. The number of nitrogens with two attached hydrogens (primary N) is 1. The molecule has 0 aromatic rings. The highest BCUT2D eigenvalue weighted by Gasteiger charge is 2.03. The molecule has 78 valence electrons. The highest BCUT2D eigenvalue weighted by atomic mass is 32.2. The summed E-state index contributed by atoms with van der Waals surface area (Å²) >= 11 is 0. The highest BCUT2D eigenvalue weighted by molar-refractivity contribution is 7.86. The first-order chi connectivity index (χ1) is 5.89. The average molecular weight is 209 g/mol. The van der Waals surface area contributed by atoms with Gasteiger partial charge in [-0.25, -0.2) is 0 Å². The number of rotatable bonds is 4. The zero-order valence-corrected chi connectivity index (χ0v) is 8.63. The van der Waals surface area contributed by atoms with E-state index in [4.69, 9.17) is 0 Å². The minimum atomic E-state index is -3.17. The van der Waals surface area contributed by atoms with E-state index < -0.39 is 16.0 Å². The molecule has 0 saturated carbocycles. The van der Waals surface area contributed by atoms with Gasteiger partial charge in [-0.3, -0.25) is 8.98 Å². The van der Waals surface area contributed by atoms with E-state index in [1.54, 1.807) is 6.92 Å². The van der Waals surface area contributed by atoms with Crippen LogP contribution in [0, 0.1) is 0 Å². The molecule has 0 saturated heterocycles. The van der Waals surface area contributed by atoms with Crippen LogP contribution in [0.15, 0.2) is 12.7 Å². The van der Waals surface area contributed by atoms with Crippen LogP contribution in [0.5, 0.6) is 0 Å². The van der Waals surface area contributed by atoms with Crippen LogP contribution >= 0.6 is 0 Å². The maximum Gasteiger partial charge on any atom is 0.267 e. The van der Waals surface area contributed by atoms with Gasteiger partial charge < -0.3 is 5.73 Å². The van der Waals surface area contributed by atoms with Crippen molar-refractivity contribution in [3.8, 4) is 0 Å². The molecule has 0 spiro atoms. The van der Waals surface area contributed by atoms with Gasteiger partial charge in [-0.1, -0.05) is 13.5 Å². The maximum absolute atomic E-state index is 10.4. The zero-order valence-electron chi connectivity index (χ0n) is 7.82. The molecule has 2 N–H and O–H groups in total. The Morgan fingerprint density at radius 1 is 1.62 bits per heavy atom. The summed E-state index contributed by atoms with van der Waals surface area (Å²) < 4.78 is 24.9. The molecule has 0 atom stereocenters. The third-order valence-electron chi connectivity index (χ3n) is 0.909. The van der Waals surface area contributed by atoms with Crippen LogP contribution in [0.4, 0.5) is 0 Å². The Hall–Kier alpha value is -0.880. The Bertz CT molecular complexity index is 245. The number of amides is 1. The Kier molecular flexibility index (Phi) is 8.73. The zero-order chi connectivity index (χ0) is 10.9. The monoisotopic (exact) mass is 209 g/mol. The predicted octanol–water partition coefficient (Wildman–Crippen LogP) is 0.0303. The minimum absolute atomic E-state index is 0.115. The second kappa shape index (κ2) is 7.75. The Morgan fingerprint density at radius 2 is 2.00 bits per heavy atom. The third kappa shape index (κ3) is 14.0. The van der Waals surface area contributed by atoms with Gasteiger partial charge in [0.05, 0.1) is 12.9 Å². The first-order valence-corrected chi connectivity index (χ1v) is 5.17. The number of hydrogen-bond acceptors (Lipinski definition) is 4. The van der Waals surface area contributed by atoms with Gasteiger partial charge in [0.2, 0.25) is 5.91 Å². The molecule has 0 heterocycles. The van der Waals surface area contributed by atoms with Crippen LogP contribution in [-0.2, 0) is 19.1 Å². The SMILES string of the molecule is C=CC(N)=O.CCCS(=O)(=O)OC. The van der Waals surface area contributed by atoms with Crippen molar-refractivity contribution in [1.29, 1.82) is 0 Å². The molecular formula is C7H15NO4S. The van der Waals surface area contributed by atoms with Crippen molar-refractivity contribution in [2.75, 3.05) is 12.9 Å². The van der Waals surface area contributed by atoms with Crippen molar-refractivity contribution in [2.45, 2.75) is 13.3 Å². The molecule has 0 fully saturated rings. The third-order valence-corrected chi connectivity index (χ3v) is 2.33. The van der Waals surface area contributed by atoms with Crippen LogP contribution in [0.3, 0.4) is 0 Å². The molecule has 0 aliphatic heterocycles. The molecule has 1 amide bonds. The summed E-state index contributed by atoms with van der Waals surface area (Å²) in [5, 5.41) is 0. The van der Waals surface area contributed by atoms with Gasteiger partial charge in [0.25, 0.3) is 10.1 Å². The smallest absolute Gasteiger partial charge is 0.267 e. The Labute approximate surface area is 78.7 Å². The molecule has 0 rings (SSSR count). The van der Waals surface area contributed by atoms with Crippen molar-refractivity contribution >= 4 is 16.0 Å². The van der Waals surface area contributed by atoms with Crippen molar-refractivity contribution in [2.24, 2.45) is 5.73 Å². The van der Waals surface area contributed by atoms with E-state index in [9.17, 15) is 13.2 Å². The van der Waals surface area contributed by atoms with Crippen molar-refractivity contribution in [3.05, 3.63) is 12.7 Å². The average Bonchev–Trinajstić information content (AvgIpc) is 2.05. The maximum atomic E-state index is 10.4. The molecule has 6 heteroatoms. The van der Waals surface area contributed by atoms with Crippen LogP contribution in [0.2, 0.25) is 0 Å². The van der Waals surface area contributed by atoms with Crippen molar-refractivity contribution in [3.63, 3.8) is 0 Å². The molecule has 0 unspecified atom stereocenters. The van der Waals surface area contributed by atoms with Gasteiger partial charge in [0.15, 0.2) is 0 Å². The summed E-state index contributed by atoms with van der Waals surface area (Å²) in [4.78, 5) is 9.47. The molecule has 0 bridgehead atoms. The normalized spacial score (nSPS) is 9.69. The van der Waals surface area contributed by atoms with Crippen molar-refractivity contribution < 1.29 is 17.4 Å². The Balaban J connectivity index is 0. The van der Waals surface area contributed by atoms with E-state index >= 15 is 0 Å². The van der Waals surface area contributed by atoms with E-state index in [-0.39, 0.29) is 5.75 Å². The lowest BCUT2D eigenvalue weighted by Crippen LogP contribution is -2.05. The molecule has 0 radical (unpaired) electrons. The van der Waals surface area contributed by atoms with E-state index in [1.165, 1.54) is 7.11 Å². The number of carbonyl (C=O) groups is 1. The fraction of sp³-hybridized carbons (Fsp3) is 0.571. The first kappa shape index (κ1) is 14.6. The molecule has 0 aromatic carbocycles. The largest absolute Gasteiger partial charge is 0.366 e. The summed E-state index contributed by atoms with van der Waals surface area (Å²) in [6, 6.07) is 0. The first-order valence-electron chi connectivity index (χ1n) is 3.59. The molecule has 0 aromatic heterocycles. The number of primary amides is 1. The fourth-order valence-electron chi connectivity index (χ4n) is 0.333. The van der Waals surface area contributed by atoms with E-state index in [0.29, 0.717) is 6.42 Å². The fourth-order valence-corrected chi connectivity index (χ4v) is 1.000. The summed E-state index contributed by atoms with van der Waals surface area (Å²) in [7, 11) is -2.00. The van der Waals surface area contributed by atoms with Gasteiger partial charge >= 0.3 is 0 Å². The summed E-state index contributed by atoms with van der Waals surface area (Å²) in [5.74, 6) is -0.367. The molecule has 5 nitrogen and oxygen atoms in total. The molecular weight excluding hydrogens is 194 g/mol. The van der Waals surface area contributed by atoms with E-state index in [0.717, 1.165) is 6.08 Å². The van der Waals surface area contributed by atoms with Crippen LogP contribution in [0.1, 0.15) is 13.3 Å². The van der Waals surface area contributed by atoms with Gasteiger partial charge in [0, 0.05) is 0 Å². The number of carbonyl (C=O) groups excluding carboxylic acids is 1. The van der Waals surface area contributed by atoms with Crippen LogP contribution in [0.25, 0.3) is 0 Å². The van der Waals surface area contributed by atoms with E-state index in [1.807, 2.05) is 0 Å². The highest BCUT2D eigenvalue weighted by Crippen LogP contribution is 1.91. The quantitative estimate of drug-likeness (QED) is 0.522. The van der Waals surface area contributed by atoms with Gasteiger partial charge in [-0.15, -0.1) is 0 Å². The molecule has 13 heavy (non-hydrogen) atoms. The lowest BCUT2D eigenvalue weighted by Gasteiger charge is -1.94. The Morgan fingerprint density at radius 3 is 2.08 bits per heavy atom. The van der Waals surface area contributed by atoms with Gasteiger partial charge in [-0.2, -0.15) is 8.42 Å². The number of hydrogen-bond donors (Lipinski definition) is 1. The summed E-state index contributed by atoms with van der Waals surface area (Å²) in [5.41, 5.74) is 4.53. The van der Waals surface area contributed by atoms with Gasteiger partial charge in [0.1, 0.15) is 0 Å². The summed E-state index contributed by atoms with van der Waals surface area (Å²) in [6.45, 7) is 4.87. The second-order valence-corrected chi connectivity index (χ2v) is 3.89. The second-order valence-electron chi connectivity index (χ2n) is 2.03. The molecule has 0 aliphatic carbocycles. The van der Waals surface area contributed by atoms with Crippen LogP contribution in [-0.4, -0.2) is 27.2 Å². The standard InChI is InChI=1S/C4H10O3S.C3H5NO/c1-3-4-8(5,6)7-2;1-2-3(4)5/h3-4H2,1-2H3;2H,1H2,(H2,4,5). The lowest BCUT2D eigenvalue weighted by molar-refractivity contribution is -0.113. The van der Waals surface area contributed by atoms with Gasteiger partial charge in [-0.05, 0) is 12.5 Å². The predicted molar refractivity (Wildman–Crippen MR) is 50.5 cm³/mol. The lowest BCUT2D eigenvalue weighted by atomic mass is 10.6. The topological polar surface area (TPSA) is 86.5 Å². The minimum Gasteiger partial charge on any atom is -0.366 e. The van der Waals surface area contributed by atoms with E-state index in [2.05, 4.69) is 16.5 Å². The van der Waals surface area contributed by atoms with Crippen molar-refractivity contribution in [1.82, 2.24) is 0 Å².